The van der Waals surface area contributed by atoms with Gasteiger partial charge in [-0.2, -0.15) is 0 Å². The van der Waals surface area contributed by atoms with Crippen molar-refractivity contribution in [2.75, 3.05) is 26.3 Å². The summed E-state index contributed by atoms with van der Waals surface area (Å²) in [6, 6.07) is 1.03. The maximum atomic E-state index is 12.3. The molecular formula is C11H23FN2. The lowest BCUT2D eigenvalue weighted by Gasteiger charge is -2.38. The Kier molecular flexibility index (Phi) is 4.82. The Morgan fingerprint density at radius 3 is 2.79 bits per heavy atom. The van der Waals surface area contributed by atoms with Crippen LogP contribution in [0.15, 0.2) is 0 Å². The lowest BCUT2D eigenvalue weighted by Crippen LogP contribution is -2.56. The molecule has 0 aromatic rings. The lowest BCUT2D eigenvalue weighted by molar-refractivity contribution is 0.123. The molecule has 3 heteroatoms. The van der Waals surface area contributed by atoms with Crippen molar-refractivity contribution in [1.29, 1.82) is 0 Å². The van der Waals surface area contributed by atoms with E-state index in [1.54, 1.807) is 0 Å². The number of nitrogens with one attached hydrogen (secondary N) is 1. The molecule has 0 spiro atoms. The molecule has 1 fully saturated rings. The fourth-order valence-corrected chi connectivity index (χ4v) is 2.14. The third-order valence-electron chi connectivity index (χ3n) is 2.91. The highest BCUT2D eigenvalue weighted by atomic mass is 19.1. The molecule has 1 heterocycles. The zero-order chi connectivity index (χ0) is 10.6. The van der Waals surface area contributed by atoms with Crippen molar-refractivity contribution in [2.24, 2.45) is 5.92 Å². The first-order valence-corrected chi connectivity index (χ1v) is 5.67. The zero-order valence-electron chi connectivity index (χ0n) is 9.59. The number of hydrogen-bond donors (Lipinski definition) is 1. The van der Waals surface area contributed by atoms with Crippen LogP contribution < -0.4 is 5.32 Å². The molecule has 0 bridgehead atoms. The van der Waals surface area contributed by atoms with Gasteiger partial charge in [-0.3, -0.25) is 4.90 Å². The van der Waals surface area contributed by atoms with Gasteiger partial charge in [0, 0.05) is 31.7 Å². The molecule has 0 aromatic carbocycles. The van der Waals surface area contributed by atoms with E-state index in [0.29, 0.717) is 24.5 Å². The van der Waals surface area contributed by atoms with Crippen molar-refractivity contribution < 1.29 is 4.39 Å². The van der Waals surface area contributed by atoms with E-state index >= 15 is 0 Å². The summed E-state index contributed by atoms with van der Waals surface area (Å²) in [6.45, 7) is 9.00. The van der Waals surface area contributed by atoms with Gasteiger partial charge in [0.1, 0.15) is 6.67 Å². The van der Waals surface area contributed by atoms with Gasteiger partial charge in [0.05, 0.1) is 0 Å². The average Bonchev–Trinajstić information content (AvgIpc) is 2.10. The van der Waals surface area contributed by atoms with E-state index in [9.17, 15) is 4.39 Å². The van der Waals surface area contributed by atoms with Crippen LogP contribution in [0.4, 0.5) is 4.39 Å². The van der Waals surface area contributed by atoms with Crippen molar-refractivity contribution in [3.8, 4) is 0 Å². The van der Waals surface area contributed by atoms with Crippen LogP contribution in [0.25, 0.3) is 0 Å². The van der Waals surface area contributed by atoms with Gasteiger partial charge in [0.2, 0.25) is 0 Å². The molecule has 0 aliphatic carbocycles. The molecule has 2 nitrogen and oxygen atoms in total. The normalized spacial score (nSPS) is 29.8. The van der Waals surface area contributed by atoms with Gasteiger partial charge in [0.25, 0.3) is 0 Å². The highest BCUT2D eigenvalue weighted by Crippen LogP contribution is 2.12. The molecule has 1 saturated heterocycles. The Bertz CT molecular complexity index is 161. The van der Waals surface area contributed by atoms with Crippen molar-refractivity contribution in [2.45, 2.75) is 39.3 Å². The monoisotopic (exact) mass is 202 g/mol. The second kappa shape index (κ2) is 5.66. The van der Waals surface area contributed by atoms with E-state index < -0.39 is 0 Å². The molecule has 1 aliphatic heterocycles. The number of hydrogen-bond acceptors (Lipinski definition) is 2. The fraction of sp³-hybridized carbons (Fsp3) is 1.00. The second-order valence-electron chi connectivity index (χ2n) is 4.77. The summed E-state index contributed by atoms with van der Waals surface area (Å²) in [7, 11) is 0. The van der Waals surface area contributed by atoms with E-state index in [1.165, 1.54) is 6.42 Å². The topological polar surface area (TPSA) is 15.3 Å². The molecule has 1 N–H and O–H groups in total. The summed E-state index contributed by atoms with van der Waals surface area (Å²) in [5.41, 5.74) is 0. The van der Waals surface area contributed by atoms with E-state index in [1.807, 2.05) is 0 Å². The first kappa shape index (κ1) is 11.9. The fourth-order valence-electron chi connectivity index (χ4n) is 2.14. The molecule has 2 atom stereocenters. The summed E-state index contributed by atoms with van der Waals surface area (Å²) in [5, 5.41) is 3.52. The van der Waals surface area contributed by atoms with Gasteiger partial charge in [-0.15, -0.1) is 0 Å². The summed E-state index contributed by atoms with van der Waals surface area (Å²) >= 11 is 0. The summed E-state index contributed by atoms with van der Waals surface area (Å²) < 4.78 is 12.3. The average molecular weight is 202 g/mol. The van der Waals surface area contributed by atoms with Crippen LogP contribution in [0.3, 0.4) is 0 Å². The van der Waals surface area contributed by atoms with Crippen LogP contribution in [0.1, 0.15) is 27.2 Å². The largest absolute Gasteiger partial charge is 0.311 e. The summed E-state index contributed by atoms with van der Waals surface area (Å²) in [4.78, 5) is 2.25. The standard InChI is InChI=1S/C11H23FN2/c1-9(2)6-11-8-14(5-4-12)10(3)7-13-11/h9-11,13H,4-8H2,1-3H3. The second-order valence-corrected chi connectivity index (χ2v) is 4.77. The minimum absolute atomic E-state index is 0.223. The van der Waals surface area contributed by atoms with Crippen LogP contribution in [0, 0.1) is 5.92 Å². The molecule has 14 heavy (non-hydrogen) atoms. The quantitative estimate of drug-likeness (QED) is 0.746. The molecule has 0 saturated carbocycles. The number of halogens is 1. The van der Waals surface area contributed by atoms with Crippen molar-refractivity contribution in [3.05, 3.63) is 0 Å². The van der Waals surface area contributed by atoms with Crippen molar-refractivity contribution in [3.63, 3.8) is 0 Å². The van der Waals surface area contributed by atoms with E-state index in [-0.39, 0.29) is 6.67 Å². The minimum atomic E-state index is -0.223. The van der Waals surface area contributed by atoms with Gasteiger partial charge in [-0.1, -0.05) is 13.8 Å². The van der Waals surface area contributed by atoms with Crippen LogP contribution in [0.2, 0.25) is 0 Å². The van der Waals surface area contributed by atoms with Gasteiger partial charge in [-0.05, 0) is 19.3 Å². The zero-order valence-corrected chi connectivity index (χ0v) is 9.59. The lowest BCUT2D eigenvalue weighted by atomic mass is 10.0. The number of piperazine rings is 1. The first-order chi connectivity index (χ1) is 6.63. The molecule has 84 valence electrons. The predicted octanol–water partition coefficient (Wildman–Crippen LogP) is 1.66. The molecular weight excluding hydrogens is 179 g/mol. The van der Waals surface area contributed by atoms with Crippen LogP contribution in [-0.2, 0) is 0 Å². The van der Waals surface area contributed by atoms with Gasteiger partial charge < -0.3 is 5.32 Å². The SMILES string of the molecule is CC(C)CC1CN(CCF)C(C)CN1. The van der Waals surface area contributed by atoms with Gasteiger partial charge in [0.15, 0.2) is 0 Å². The van der Waals surface area contributed by atoms with Crippen LogP contribution in [-0.4, -0.2) is 43.3 Å². The Morgan fingerprint density at radius 2 is 2.21 bits per heavy atom. The molecule has 2 unspecified atom stereocenters. The van der Waals surface area contributed by atoms with Crippen LogP contribution >= 0.6 is 0 Å². The van der Waals surface area contributed by atoms with Crippen molar-refractivity contribution in [1.82, 2.24) is 10.2 Å². The maximum absolute atomic E-state index is 12.3. The first-order valence-electron chi connectivity index (χ1n) is 5.67. The third-order valence-corrected chi connectivity index (χ3v) is 2.91. The maximum Gasteiger partial charge on any atom is 0.102 e. The number of nitrogens with zero attached hydrogens (tertiary/aromatic N) is 1. The minimum Gasteiger partial charge on any atom is -0.311 e. The summed E-state index contributed by atoms with van der Waals surface area (Å²) in [6.07, 6.45) is 1.19. The Hall–Kier alpha value is -0.150. The highest BCUT2D eigenvalue weighted by molar-refractivity contribution is 4.84. The third kappa shape index (κ3) is 3.54. The number of alkyl halides is 1. The molecule has 0 aromatic heterocycles. The van der Waals surface area contributed by atoms with E-state index in [0.717, 1.165) is 13.1 Å². The Labute approximate surface area is 86.9 Å². The van der Waals surface area contributed by atoms with Gasteiger partial charge in [-0.25, -0.2) is 4.39 Å². The Morgan fingerprint density at radius 1 is 1.50 bits per heavy atom. The highest BCUT2D eigenvalue weighted by Gasteiger charge is 2.24. The molecule has 0 radical (unpaired) electrons. The number of rotatable bonds is 4. The Balaban J connectivity index is 2.36. The molecule has 1 rings (SSSR count). The molecule has 0 amide bonds. The molecule has 1 aliphatic rings. The smallest absolute Gasteiger partial charge is 0.102 e. The predicted molar refractivity (Wildman–Crippen MR) is 58.3 cm³/mol. The van der Waals surface area contributed by atoms with E-state index in [2.05, 4.69) is 31.0 Å². The van der Waals surface area contributed by atoms with E-state index in [4.69, 9.17) is 0 Å². The van der Waals surface area contributed by atoms with Gasteiger partial charge >= 0.3 is 0 Å². The van der Waals surface area contributed by atoms with Crippen molar-refractivity contribution >= 4 is 0 Å². The summed E-state index contributed by atoms with van der Waals surface area (Å²) in [5.74, 6) is 0.716. The van der Waals surface area contributed by atoms with Crippen LogP contribution in [0.5, 0.6) is 0 Å².